The SMILES string of the molecule is Cn1cc([C@@H]2OCC[C@@H]2CNCc2ccccn2)cn1. The molecular formula is C15H20N4O. The van der Waals surface area contributed by atoms with Gasteiger partial charge in [-0.25, -0.2) is 0 Å². The van der Waals surface area contributed by atoms with E-state index < -0.39 is 0 Å². The maximum atomic E-state index is 5.86. The normalized spacial score (nSPS) is 22.2. The molecule has 0 saturated carbocycles. The summed E-state index contributed by atoms with van der Waals surface area (Å²) in [6.45, 7) is 2.57. The van der Waals surface area contributed by atoms with Gasteiger partial charge in [0.05, 0.1) is 18.0 Å². The molecule has 1 aliphatic rings. The number of hydrogen-bond acceptors (Lipinski definition) is 4. The van der Waals surface area contributed by atoms with E-state index in [1.165, 1.54) is 5.56 Å². The Labute approximate surface area is 119 Å². The molecule has 0 radical (unpaired) electrons. The van der Waals surface area contributed by atoms with Crippen molar-refractivity contribution in [3.05, 3.63) is 48.0 Å². The molecule has 1 aliphatic heterocycles. The van der Waals surface area contributed by atoms with Gasteiger partial charge >= 0.3 is 0 Å². The van der Waals surface area contributed by atoms with Crippen molar-refractivity contribution in [2.24, 2.45) is 13.0 Å². The van der Waals surface area contributed by atoms with Crippen molar-refractivity contribution >= 4 is 0 Å². The minimum absolute atomic E-state index is 0.167. The van der Waals surface area contributed by atoms with Gasteiger partial charge in [0.2, 0.25) is 0 Å². The number of pyridine rings is 1. The highest BCUT2D eigenvalue weighted by molar-refractivity contribution is 5.11. The molecule has 0 spiro atoms. The largest absolute Gasteiger partial charge is 0.373 e. The van der Waals surface area contributed by atoms with Gasteiger partial charge in [0.15, 0.2) is 0 Å². The van der Waals surface area contributed by atoms with E-state index in [2.05, 4.69) is 15.4 Å². The second kappa shape index (κ2) is 6.15. The lowest BCUT2D eigenvalue weighted by atomic mass is 9.97. The molecule has 20 heavy (non-hydrogen) atoms. The fourth-order valence-electron chi connectivity index (χ4n) is 2.69. The van der Waals surface area contributed by atoms with E-state index in [1.807, 2.05) is 48.5 Å². The predicted molar refractivity (Wildman–Crippen MR) is 76.0 cm³/mol. The van der Waals surface area contributed by atoms with Crippen LogP contribution in [0.1, 0.15) is 23.8 Å². The summed E-state index contributed by atoms with van der Waals surface area (Å²) in [5.41, 5.74) is 2.25. The van der Waals surface area contributed by atoms with Crippen LogP contribution in [0.5, 0.6) is 0 Å². The molecule has 5 heteroatoms. The molecule has 2 aromatic rings. The first-order valence-electron chi connectivity index (χ1n) is 7.03. The molecule has 0 bridgehead atoms. The summed E-state index contributed by atoms with van der Waals surface area (Å²) in [6, 6.07) is 5.99. The number of hydrogen-bond donors (Lipinski definition) is 1. The molecular weight excluding hydrogens is 252 g/mol. The van der Waals surface area contributed by atoms with E-state index in [4.69, 9.17) is 4.74 Å². The van der Waals surface area contributed by atoms with Crippen LogP contribution >= 0.6 is 0 Å². The Morgan fingerprint density at radius 3 is 3.15 bits per heavy atom. The van der Waals surface area contributed by atoms with Gasteiger partial charge in [0.1, 0.15) is 0 Å². The first kappa shape index (κ1) is 13.3. The topological polar surface area (TPSA) is 52.0 Å². The van der Waals surface area contributed by atoms with Crippen molar-refractivity contribution < 1.29 is 4.74 Å². The van der Waals surface area contributed by atoms with Crippen LogP contribution in [-0.2, 0) is 18.3 Å². The Balaban J connectivity index is 1.54. The quantitative estimate of drug-likeness (QED) is 0.900. The highest BCUT2D eigenvalue weighted by atomic mass is 16.5. The van der Waals surface area contributed by atoms with Crippen LogP contribution in [0.4, 0.5) is 0 Å². The van der Waals surface area contributed by atoms with Crippen molar-refractivity contribution in [2.75, 3.05) is 13.2 Å². The maximum absolute atomic E-state index is 5.86. The van der Waals surface area contributed by atoms with Crippen LogP contribution in [0.3, 0.4) is 0 Å². The minimum atomic E-state index is 0.167. The van der Waals surface area contributed by atoms with Gasteiger partial charge in [-0.05, 0) is 18.6 Å². The van der Waals surface area contributed by atoms with E-state index >= 15 is 0 Å². The Morgan fingerprint density at radius 1 is 1.45 bits per heavy atom. The summed E-state index contributed by atoms with van der Waals surface area (Å²) in [6.07, 6.45) is 7.03. The monoisotopic (exact) mass is 272 g/mol. The van der Waals surface area contributed by atoms with Crippen molar-refractivity contribution in [2.45, 2.75) is 19.1 Å². The average Bonchev–Trinajstić information content (AvgIpc) is 3.09. The summed E-state index contributed by atoms with van der Waals surface area (Å²) in [7, 11) is 1.94. The Kier molecular flexibility index (Phi) is 4.08. The summed E-state index contributed by atoms with van der Waals surface area (Å²) in [5.74, 6) is 0.503. The smallest absolute Gasteiger partial charge is 0.0896 e. The van der Waals surface area contributed by atoms with Crippen LogP contribution in [0, 0.1) is 5.92 Å². The summed E-state index contributed by atoms with van der Waals surface area (Å²) >= 11 is 0. The van der Waals surface area contributed by atoms with E-state index in [1.54, 1.807) is 0 Å². The van der Waals surface area contributed by atoms with Crippen LogP contribution in [0.25, 0.3) is 0 Å². The molecule has 5 nitrogen and oxygen atoms in total. The second-order valence-electron chi connectivity index (χ2n) is 5.24. The lowest BCUT2D eigenvalue weighted by molar-refractivity contribution is 0.0904. The van der Waals surface area contributed by atoms with Gasteiger partial charge in [-0.1, -0.05) is 6.07 Å². The van der Waals surface area contributed by atoms with Gasteiger partial charge in [-0.2, -0.15) is 5.10 Å². The van der Waals surface area contributed by atoms with E-state index in [9.17, 15) is 0 Å². The number of aromatic nitrogens is 3. The average molecular weight is 272 g/mol. The number of nitrogens with one attached hydrogen (secondary N) is 1. The zero-order chi connectivity index (χ0) is 13.8. The van der Waals surface area contributed by atoms with Crippen molar-refractivity contribution in [1.82, 2.24) is 20.1 Å². The van der Waals surface area contributed by atoms with Crippen LogP contribution in [0.15, 0.2) is 36.8 Å². The lowest BCUT2D eigenvalue weighted by Crippen LogP contribution is -2.24. The zero-order valence-corrected chi connectivity index (χ0v) is 11.7. The molecule has 3 heterocycles. The summed E-state index contributed by atoms with van der Waals surface area (Å²) < 4.78 is 7.69. The van der Waals surface area contributed by atoms with Gasteiger partial charge in [-0.3, -0.25) is 9.67 Å². The molecule has 2 aromatic heterocycles. The van der Waals surface area contributed by atoms with E-state index in [-0.39, 0.29) is 6.10 Å². The van der Waals surface area contributed by atoms with Crippen molar-refractivity contribution in [1.29, 1.82) is 0 Å². The minimum Gasteiger partial charge on any atom is -0.373 e. The molecule has 1 fully saturated rings. The molecule has 1 N–H and O–H groups in total. The summed E-state index contributed by atoms with van der Waals surface area (Å²) in [4.78, 5) is 4.32. The fourth-order valence-corrected chi connectivity index (χ4v) is 2.69. The van der Waals surface area contributed by atoms with E-state index in [0.717, 1.165) is 31.8 Å². The number of nitrogens with zero attached hydrogens (tertiary/aromatic N) is 3. The summed E-state index contributed by atoms with van der Waals surface area (Å²) in [5, 5.41) is 7.71. The standard InChI is InChI=1S/C15H20N4O/c1-19-11-13(9-18-19)15-12(5-7-20-15)8-16-10-14-4-2-3-6-17-14/h2-4,6,9,11-12,15-16H,5,7-8,10H2,1H3/t12-,15-/m1/s1. The third kappa shape index (κ3) is 3.05. The highest BCUT2D eigenvalue weighted by Crippen LogP contribution is 2.33. The molecule has 0 unspecified atom stereocenters. The molecule has 106 valence electrons. The molecule has 2 atom stereocenters. The second-order valence-corrected chi connectivity index (χ2v) is 5.24. The zero-order valence-electron chi connectivity index (χ0n) is 11.7. The lowest BCUT2D eigenvalue weighted by Gasteiger charge is -2.17. The number of rotatable bonds is 5. The molecule has 3 rings (SSSR count). The fraction of sp³-hybridized carbons (Fsp3) is 0.467. The van der Waals surface area contributed by atoms with Gasteiger partial charge in [0.25, 0.3) is 0 Å². The van der Waals surface area contributed by atoms with Crippen molar-refractivity contribution in [3.8, 4) is 0 Å². The number of aryl methyl sites for hydroxylation is 1. The maximum Gasteiger partial charge on any atom is 0.0896 e. The van der Waals surface area contributed by atoms with E-state index in [0.29, 0.717) is 5.92 Å². The Hall–Kier alpha value is -1.72. The first-order valence-corrected chi connectivity index (χ1v) is 7.03. The van der Waals surface area contributed by atoms with Gasteiger partial charge in [-0.15, -0.1) is 0 Å². The Bertz CT molecular complexity index is 540. The Morgan fingerprint density at radius 2 is 2.40 bits per heavy atom. The molecule has 0 aliphatic carbocycles. The van der Waals surface area contributed by atoms with Crippen molar-refractivity contribution in [3.63, 3.8) is 0 Å². The molecule has 1 saturated heterocycles. The van der Waals surface area contributed by atoms with Crippen LogP contribution < -0.4 is 5.32 Å². The van der Waals surface area contributed by atoms with Gasteiger partial charge in [0, 0.05) is 50.6 Å². The van der Waals surface area contributed by atoms with Crippen LogP contribution in [-0.4, -0.2) is 27.9 Å². The highest BCUT2D eigenvalue weighted by Gasteiger charge is 2.30. The first-order chi connectivity index (χ1) is 9.83. The van der Waals surface area contributed by atoms with Gasteiger partial charge < -0.3 is 10.1 Å². The van der Waals surface area contributed by atoms with Crippen LogP contribution in [0.2, 0.25) is 0 Å². The molecule has 0 aromatic carbocycles. The number of ether oxygens (including phenoxy) is 1. The molecule has 0 amide bonds. The third-order valence-corrected chi connectivity index (χ3v) is 3.71. The third-order valence-electron chi connectivity index (χ3n) is 3.71. The predicted octanol–water partition coefficient (Wildman–Crippen LogP) is 1.68.